The number of aromatic nitrogens is 3. The summed E-state index contributed by atoms with van der Waals surface area (Å²) in [6.45, 7) is 6.92. The molecule has 108 valence electrons. The first kappa shape index (κ1) is 15.2. The minimum atomic E-state index is 0.871. The van der Waals surface area contributed by atoms with E-state index in [2.05, 4.69) is 62.6 Å². The lowest BCUT2D eigenvalue weighted by atomic mass is 10.2. The van der Waals surface area contributed by atoms with Gasteiger partial charge in [-0.25, -0.2) is 0 Å². The summed E-state index contributed by atoms with van der Waals surface area (Å²) in [6.07, 6.45) is 4.67. The van der Waals surface area contributed by atoms with E-state index in [0.29, 0.717) is 0 Å². The lowest BCUT2D eigenvalue weighted by Crippen LogP contribution is -2.20. The highest BCUT2D eigenvalue weighted by Crippen LogP contribution is 2.23. The molecule has 2 aromatic heterocycles. The molecule has 0 saturated carbocycles. The van der Waals surface area contributed by atoms with Gasteiger partial charge >= 0.3 is 0 Å². The van der Waals surface area contributed by atoms with Crippen molar-refractivity contribution in [2.24, 2.45) is 0 Å². The summed E-state index contributed by atoms with van der Waals surface area (Å²) >= 11 is 3.69. The van der Waals surface area contributed by atoms with Crippen LogP contribution in [0.3, 0.4) is 0 Å². The average molecular weight is 337 g/mol. The maximum absolute atomic E-state index is 4.64. The number of pyridine rings is 1. The van der Waals surface area contributed by atoms with Gasteiger partial charge < -0.3 is 0 Å². The van der Waals surface area contributed by atoms with Gasteiger partial charge in [0.05, 0.1) is 15.9 Å². The van der Waals surface area contributed by atoms with Crippen molar-refractivity contribution in [2.45, 2.75) is 39.9 Å². The van der Waals surface area contributed by atoms with Gasteiger partial charge in [-0.3, -0.25) is 14.6 Å². The van der Waals surface area contributed by atoms with Crippen LogP contribution in [0.4, 0.5) is 0 Å². The highest BCUT2D eigenvalue weighted by molar-refractivity contribution is 9.10. The van der Waals surface area contributed by atoms with Crippen LogP contribution in [-0.4, -0.2) is 26.7 Å². The molecule has 20 heavy (non-hydrogen) atoms. The van der Waals surface area contributed by atoms with Crippen molar-refractivity contribution in [3.05, 3.63) is 46.0 Å². The Labute approximate surface area is 128 Å². The van der Waals surface area contributed by atoms with Gasteiger partial charge in [-0.15, -0.1) is 0 Å². The predicted octanol–water partition coefficient (Wildman–Crippen LogP) is 3.25. The molecule has 0 aliphatic rings. The Hall–Kier alpha value is -1.20. The van der Waals surface area contributed by atoms with Crippen molar-refractivity contribution in [1.82, 2.24) is 19.7 Å². The molecule has 0 spiro atoms. The SMILES string of the molecule is CCc1nn(CC)c(CN(C)Cc2cccnc2)c1Br. The number of aryl methyl sites for hydroxylation is 2. The molecule has 0 amide bonds. The number of nitrogens with zero attached hydrogens (tertiary/aromatic N) is 4. The lowest BCUT2D eigenvalue weighted by Gasteiger charge is -2.17. The molecule has 4 nitrogen and oxygen atoms in total. The maximum Gasteiger partial charge on any atom is 0.0767 e. The zero-order chi connectivity index (χ0) is 14.5. The minimum absolute atomic E-state index is 0.871. The van der Waals surface area contributed by atoms with E-state index in [1.165, 1.54) is 11.3 Å². The Bertz CT molecular complexity index is 551. The van der Waals surface area contributed by atoms with E-state index in [9.17, 15) is 0 Å². The van der Waals surface area contributed by atoms with Gasteiger partial charge in [0, 0.05) is 32.0 Å². The second-order valence-electron chi connectivity index (χ2n) is 4.91. The smallest absolute Gasteiger partial charge is 0.0767 e. The molecule has 0 N–H and O–H groups in total. The molecule has 2 rings (SSSR count). The van der Waals surface area contributed by atoms with Crippen molar-refractivity contribution < 1.29 is 0 Å². The van der Waals surface area contributed by atoms with E-state index in [0.717, 1.165) is 36.2 Å². The summed E-state index contributed by atoms with van der Waals surface area (Å²) < 4.78 is 3.24. The Morgan fingerprint density at radius 2 is 2.10 bits per heavy atom. The van der Waals surface area contributed by atoms with Crippen LogP contribution in [0.25, 0.3) is 0 Å². The largest absolute Gasteiger partial charge is 0.296 e. The molecule has 0 bridgehead atoms. The van der Waals surface area contributed by atoms with Crippen molar-refractivity contribution in [1.29, 1.82) is 0 Å². The third-order valence-corrected chi connectivity index (χ3v) is 4.20. The zero-order valence-electron chi connectivity index (χ0n) is 12.3. The number of hydrogen-bond donors (Lipinski definition) is 0. The second kappa shape index (κ2) is 6.99. The van der Waals surface area contributed by atoms with Gasteiger partial charge in [0.15, 0.2) is 0 Å². The highest BCUT2D eigenvalue weighted by Gasteiger charge is 2.15. The zero-order valence-corrected chi connectivity index (χ0v) is 13.9. The fourth-order valence-electron chi connectivity index (χ4n) is 2.28. The average Bonchev–Trinajstić information content (AvgIpc) is 2.76. The normalized spacial score (nSPS) is 11.2. The predicted molar refractivity (Wildman–Crippen MR) is 84.4 cm³/mol. The number of halogens is 1. The Balaban J connectivity index is 2.11. The van der Waals surface area contributed by atoms with Crippen molar-refractivity contribution in [3.8, 4) is 0 Å². The molecule has 0 aliphatic carbocycles. The van der Waals surface area contributed by atoms with Gasteiger partial charge in [-0.2, -0.15) is 5.10 Å². The monoisotopic (exact) mass is 336 g/mol. The molecule has 0 atom stereocenters. The molecule has 0 radical (unpaired) electrons. The fraction of sp³-hybridized carbons (Fsp3) is 0.467. The summed E-state index contributed by atoms with van der Waals surface area (Å²) in [5.41, 5.74) is 3.61. The first-order valence-electron chi connectivity index (χ1n) is 6.97. The highest BCUT2D eigenvalue weighted by atomic mass is 79.9. The molecule has 0 saturated heterocycles. The van der Waals surface area contributed by atoms with Crippen LogP contribution in [0.5, 0.6) is 0 Å². The molecule has 0 unspecified atom stereocenters. The minimum Gasteiger partial charge on any atom is -0.296 e. The van der Waals surface area contributed by atoms with Crippen LogP contribution in [-0.2, 0) is 26.1 Å². The van der Waals surface area contributed by atoms with Gasteiger partial charge in [0.1, 0.15) is 0 Å². The first-order valence-corrected chi connectivity index (χ1v) is 7.76. The Morgan fingerprint density at radius 3 is 2.70 bits per heavy atom. The summed E-state index contributed by atoms with van der Waals surface area (Å²) in [5, 5.41) is 4.64. The summed E-state index contributed by atoms with van der Waals surface area (Å²) in [6, 6.07) is 4.08. The van der Waals surface area contributed by atoms with Crippen LogP contribution in [0.2, 0.25) is 0 Å². The standard InChI is InChI=1S/C15H21BrN4/c1-4-13-15(16)14(20(5-2)18-13)11-19(3)10-12-7-6-8-17-9-12/h6-9H,4-5,10-11H2,1-3H3. The van der Waals surface area contributed by atoms with Crippen molar-refractivity contribution >= 4 is 15.9 Å². The van der Waals surface area contributed by atoms with E-state index in [4.69, 9.17) is 0 Å². The van der Waals surface area contributed by atoms with Gasteiger partial charge in [-0.05, 0) is 48.0 Å². The fourth-order valence-corrected chi connectivity index (χ4v) is 2.97. The lowest BCUT2D eigenvalue weighted by molar-refractivity contribution is 0.306. The van der Waals surface area contributed by atoms with Crippen molar-refractivity contribution in [3.63, 3.8) is 0 Å². The van der Waals surface area contributed by atoms with Gasteiger partial charge in [-0.1, -0.05) is 13.0 Å². The van der Waals surface area contributed by atoms with Crippen LogP contribution in [0, 0.1) is 0 Å². The molecule has 0 aromatic carbocycles. The molecular weight excluding hydrogens is 316 g/mol. The van der Waals surface area contributed by atoms with Crippen LogP contribution in [0.15, 0.2) is 29.0 Å². The second-order valence-corrected chi connectivity index (χ2v) is 5.70. The molecule has 0 fully saturated rings. The van der Waals surface area contributed by atoms with Gasteiger partial charge in [0.25, 0.3) is 0 Å². The molecule has 0 aliphatic heterocycles. The maximum atomic E-state index is 4.64. The number of hydrogen-bond acceptors (Lipinski definition) is 3. The quantitative estimate of drug-likeness (QED) is 0.811. The van der Waals surface area contributed by atoms with Crippen molar-refractivity contribution in [2.75, 3.05) is 7.05 Å². The molecule has 2 heterocycles. The van der Waals surface area contributed by atoms with Crippen LogP contribution in [0.1, 0.15) is 30.8 Å². The third-order valence-electron chi connectivity index (χ3n) is 3.29. The van der Waals surface area contributed by atoms with E-state index in [1.807, 2.05) is 12.3 Å². The summed E-state index contributed by atoms with van der Waals surface area (Å²) in [5.74, 6) is 0. The van der Waals surface area contributed by atoms with Gasteiger partial charge in [0.2, 0.25) is 0 Å². The van der Waals surface area contributed by atoms with Crippen LogP contribution < -0.4 is 0 Å². The first-order chi connectivity index (χ1) is 9.65. The Kier molecular flexibility index (Phi) is 5.31. The molecular formula is C15H21BrN4. The summed E-state index contributed by atoms with van der Waals surface area (Å²) in [7, 11) is 2.12. The van der Waals surface area contributed by atoms with E-state index in [-0.39, 0.29) is 0 Å². The topological polar surface area (TPSA) is 34.0 Å². The van der Waals surface area contributed by atoms with E-state index < -0.39 is 0 Å². The van der Waals surface area contributed by atoms with E-state index >= 15 is 0 Å². The van der Waals surface area contributed by atoms with E-state index in [1.54, 1.807) is 6.20 Å². The molecule has 2 aromatic rings. The molecule has 5 heteroatoms. The number of rotatable bonds is 6. The summed E-state index contributed by atoms with van der Waals surface area (Å²) in [4.78, 5) is 6.44. The third kappa shape index (κ3) is 3.46. The van der Waals surface area contributed by atoms with Crippen LogP contribution >= 0.6 is 15.9 Å². The Morgan fingerprint density at radius 1 is 1.30 bits per heavy atom.